The lowest BCUT2D eigenvalue weighted by Crippen LogP contribution is -2.41. The van der Waals surface area contributed by atoms with Crippen LogP contribution in [-0.2, 0) is 0 Å². The van der Waals surface area contributed by atoms with Crippen molar-refractivity contribution in [3.8, 4) is 0 Å². The lowest BCUT2D eigenvalue weighted by atomic mass is 10.1. The van der Waals surface area contributed by atoms with Gasteiger partial charge in [-0.1, -0.05) is 13.3 Å². The van der Waals surface area contributed by atoms with Crippen LogP contribution in [0.1, 0.15) is 52.4 Å². The second kappa shape index (κ2) is 8.23. The van der Waals surface area contributed by atoms with Crippen molar-refractivity contribution < 1.29 is 0 Å². The highest BCUT2D eigenvalue weighted by Gasteiger charge is 2.28. The predicted octanol–water partition coefficient (Wildman–Crippen LogP) is 2.32. The summed E-state index contributed by atoms with van der Waals surface area (Å²) < 4.78 is 0. The fraction of sp³-hybridized carbons (Fsp3) is 1.00. The van der Waals surface area contributed by atoms with Crippen molar-refractivity contribution in [3.05, 3.63) is 0 Å². The number of nitrogens with one attached hydrogen (secondary N) is 1. The second-order valence-electron chi connectivity index (χ2n) is 6.48. The Kier molecular flexibility index (Phi) is 6.62. The molecule has 2 rings (SSSR count). The van der Waals surface area contributed by atoms with Gasteiger partial charge in [-0.05, 0) is 71.8 Å². The number of piperidine rings is 1. The van der Waals surface area contributed by atoms with Crippen LogP contribution in [0.3, 0.4) is 0 Å². The molecule has 0 saturated carbocycles. The summed E-state index contributed by atoms with van der Waals surface area (Å²) in [5.41, 5.74) is 0. The van der Waals surface area contributed by atoms with E-state index in [-0.39, 0.29) is 0 Å². The Hall–Kier alpha value is -0.120. The Morgan fingerprint density at radius 3 is 2.68 bits per heavy atom. The monoisotopic (exact) mass is 267 g/mol. The summed E-state index contributed by atoms with van der Waals surface area (Å²) in [5, 5.41) is 3.59. The summed E-state index contributed by atoms with van der Waals surface area (Å²) in [6, 6.07) is 1.54. The molecule has 2 aliphatic rings. The first-order valence-corrected chi connectivity index (χ1v) is 8.49. The third-order valence-corrected chi connectivity index (χ3v) is 4.78. The average Bonchev–Trinajstić information content (AvgIpc) is 2.93. The lowest BCUT2D eigenvalue weighted by Gasteiger charge is -2.32. The molecule has 2 aliphatic heterocycles. The zero-order chi connectivity index (χ0) is 13.5. The van der Waals surface area contributed by atoms with Gasteiger partial charge in [-0.15, -0.1) is 0 Å². The Bertz CT molecular complexity index is 238. The Labute approximate surface area is 119 Å². The molecule has 19 heavy (non-hydrogen) atoms. The molecule has 3 nitrogen and oxygen atoms in total. The van der Waals surface area contributed by atoms with Crippen molar-refractivity contribution in [1.29, 1.82) is 0 Å². The molecule has 2 saturated heterocycles. The molecule has 2 atom stereocenters. The molecular formula is C16H33N3. The van der Waals surface area contributed by atoms with Gasteiger partial charge in [0.2, 0.25) is 0 Å². The fourth-order valence-corrected chi connectivity index (χ4v) is 3.47. The van der Waals surface area contributed by atoms with Gasteiger partial charge in [0.1, 0.15) is 0 Å². The first-order valence-electron chi connectivity index (χ1n) is 8.49. The van der Waals surface area contributed by atoms with Crippen LogP contribution in [0.15, 0.2) is 0 Å². The van der Waals surface area contributed by atoms with Crippen molar-refractivity contribution in [3.63, 3.8) is 0 Å². The quantitative estimate of drug-likeness (QED) is 0.764. The van der Waals surface area contributed by atoms with Crippen molar-refractivity contribution in [1.82, 2.24) is 15.1 Å². The van der Waals surface area contributed by atoms with E-state index in [4.69, 9.17) is 0 Å². The molecule has 112 valence electrons. The third-order valence-electron chi connectivity index (χ3n) is 4.78. The minimum atomic E-state index is 0.675. The van der Waals surface area contributed by atoms with Gasteiger partial charge in [-0.3, -0.25) is 4.90 Å². The Morgan fingerprint density at radius 1 is 1.16 bits per heavy atom. The van der Waals surface area contributed by atoms with Crippen molar-refractivity contribution in [2.75, 3.05) is 39.3 Å². The molecular weight excluding hydrogens is 234 g/mol. The van der Waals surface area contributed by atoms with Gasteiger partial charge < -0.3 is 10.2 Å². The summed E-state index contributed by atoms with van der Waals surface area (Å²) in [6.45, 7) is 12.4. The molecule has 0 aliphatic carbocycles. The maximum absolute atomic E-state index is 3.59. The molecule has 3 heteroatoms. The van der Waals surface area contributed by atoms with Gasteiger partial charge in [-0.25, -0.2) is 0 Å². The van der Waals surface area contributed by atoms with Crippen LogP contribution in [0.25, 0.3) is 0 Å². The van der Waals surface area contributed by atoms with E-state index in [9.17, 15) is 0 Å². The van der Waals surface area contributed by atoms with E-state index in [1.165, 1.54) is 71.2 Å². The van der Waals surface area contributed by atoms with Crippen molar-refractivity contribution >= 4 is 0 Å². The van der Waals surface area contributed by atoms with Crippen molar-refractivity contribution in [2.45, 2.75) is 64.5 Å². The molecule has 2 heterocycles. The van der Waals surface area contributed by atoms with Gasteiger partial charge in [0.05, 0.1) is 0 Å². The van der Waals surface area contributed by atoms with E-state index in [1.807, 2.05) is 0 Å². The Balaban J connectivity index is 1.61. The fourth-order valence-electron chi connectivity index (χ4n) is 3.47. The van der Waals surface area contributed by atoms with Crippen LogP contribution in [-0.4, -0.2) is 61.2 Å². The topological polar surface area (TPSA) is 18.5 Å². The Morgan fingerprint density at radius 2 is 1.95 bits per heavy atom. The molecule has 0 aromatic carbocycles. The number of hydrogen-bond donors (Lipinski definition) is 1. The predicted molar refractivity (Wildman–Crippen MR) is 82.6 cm³/mol. The molecule has 0 aromatic rings. The van der Waals surface area contributed by atoms with Crippen LogP contribution in [0.2, 0.25) is 0 Å². The summed E-state index contributed by atoms with van der Waals surface area (Å²) in [6.07, 6.45) is 8.24. The first-order chi connectivity index (χ1) is 9.29. The smallest absolute Gasteiger partial charge is 0.0235 e. The average molecular weight is 267 g/mol. The third kappa shape index (κ3) is 5.05. The molecule has 2 unspecified atom stereocenters. The van der Waals surface area contributed by atoms with Gasteiger partial charge in [-0.2, -0.15) is 0 Å². The molecule has 0 spiro atoms. The number of likely N-dealkylation sites (tertiary alicyclic amines) is 2. The van der Waals surface area contributed by atoms with E-state index in [1.54, 1.807) is 0 Å². The summed E-state index contributed by atoms with van der Waals surface area (Å²) >= 11 is 0. The van der Waals surface area contributed by atoms with Crippen molar-refractivity contribution in [2.24, 2.45) is 0 Å². The van der Waals surface area contributed by atoms with Crippen LogP contribution < -0.4 is 5.32 Å². The molecule has 0 radical (unpaired) electrons. The van der Waals surface area contributed by atoms with Crippen LogP contribution >= 0.6 is 0 Å². The summed E-state index contributed by atoms with van der Waals surface area (Å²) in [7, 11) is 0. The summed E-state index contributed by atoms with van der Waals surface area (Å²) in [5.74, 6) is 0. The number of nitrogens with zero attached hydrogens (tertiary/aromatic N) is 2. The van der Waals surface area contributed by atoms with Gasteiger partial charge >= 0.3 is 0 Å². The van der Waals surface area contributed by atoms with E-state index >= 15 is 0 Å². The maximum Gasteiger partial charge on any atom is 0.0235 e. The van der Waals surface area contributed by atoms with Gasteiger partial charge in [0, 0.05) is 18.6 Å². The van der Waals surface area contributed by atoms with Crippen LogP contribution in [0, 0.1) is 0 Å². The molecule has 2 fully saturated rings. The van der Waals surface area contributed by atoms with Gasteiger partial charge in [0.15, 0.2) is 0 Å². The molecule has 1 N–H and O–H groups in total. The highest BCUT2D eigenvalue weighted by atomic mass is 15.3. The minimum absolute atomic E-state index is 0.675. The molecule has 0 bridgehead atoms. The molecule has 0 aromatic heterocycles. The van der Waals surface area contributed by atoms with E-state index < -0.39 is 0 Å². The SMILES string of the molecule is CCCNC(C)CCN1CCC(N2CCCCC2)C1. The van der Waals surface area contributed by atoms with Crippen LogP contribution in [0.4, 0.5) is 0 Å². The first kappa shape index (κ1) is 15.3. The highest BCUT2D eigenvalue weighted by Crippen LogP contribution is 2.20. The lowest BCUT2D eigenvalue weighted by molar-refractivity contribution is 0.161. The van der Waals surface area contributed by atoms with Crippen LogP contribution in [0.5, 0.6) is 0 Å². The second-order valence-corrected chi connectivity index (χ2v) is 6.48. The zero-order valence-electron chi connectivity index (χ0n) is 13.0. The van der Waals surface area contributed by atoms with Gasteiger partial charge in [0.25, 0.3) is 0 Å². The maximum atomic E-state index is 3.59. The van der Waals surface area contributed by atoms with E-state index in [0.29, 0.717) is 6.04 Å². The number of rotatable bonds is 7. The molecule has 0 amide bonds. The standard InChI is InChI=1S/C16H33N3/c1-3-9-17-15(2)7-12-18-13-8-16(14-18)19-10-5-4-6-11-19/h15-17H,3-14H2,1-2H3. The zero-order valence-corrected chi connectivity index (χ0v) is 13.0. The highest BCUT2D eigenvalue weighted by molar-refractivity contribution is 4.85. The minimum Gasteiger partial charge on any atom is -0.314 e. The summed E-state index contributed by atoms with van der Waals surface area (Å²) in [4.78, 5) is 5.44. The number of hydrogen-bond acceptors (Lipinski definition) is 3. The van der Waals surface area contributed by atoms with E-state index in [0.717, 1.165) is 12.6 Å². The van der Waals surface area contributed by atoms with E-state index in [2.05, 4.69) is 29.0 Å². The largest absolute Gasteiger partial charge is 0.314 e. The normalized spacial score (nSPS) is 27.8.